The lowest BCUT2D eigenvalue weighted by molar-refractivity contribution is 0.582. The molecule has 0 aromatic heterocycles. The number of benzene rings is 1. The van der Waals surface area contributed by atoms with E-state index in [-0.39, 0.29) is 11.0 Å². The summed E-state index contributed by atoms with van der Waals surface area (Å²) in [4.78, 5) is 2.00. The Bertz CT molecular complexity index is 488. The van der Waals surface area contributed by atoms with Gasteiger partial charge in [0.05, 0.1) is 11.0 Å². The topological polar surface area (TPSA) is 49.4 Å². The quantitative estimate of drug-likeness (QED) is 0.886. The molecule has 1 N–H and O–H groups in total. The van der Waals surface area contributed by atoms with E-state index < -0.39 is 9.84 Å². The van der Waals surface area contributed by atoms with Gasteiger partial charge in [-0.1, -0.05) is 12.1 Å². The predicted octanol–water partition coefficient (Wildman–Crippen LogP) is 1.03. The van der Waals surface area contributed by atoms with E-state index in [0.29, 0.717) is 6.54 Å². The van der Waals surface area contributed by atoms with E-state index in [1.54, 1.807) is 0 Å². The molecule has 0 bridgehead atoms. The molecule has 0 amide bonds. The van der Waals surface area contributed by atoms with Crippen molar-refractivity contribution >= 4 is 15.5 Å². The number of rotatable bonds is 4. The van der Waals surface area contributed by atoms with Gasteiger partial charge in [-0.2, -0.15) is 0 Å². The Morgan fingerprint density at radius 2 is 1.94 bits per heavy atom. The van der Waals surface area contributed by atoms with Gasteiger partial charge in [0.15, 0.2) is 9.84 Å². The number of nitrogens with zero attached hydrogens (tertiary/aromatic N) is 1. The van der Waals surface area contributed by atoms with Crippen LogP contribution in [0.2, 0.25) is 0 Å². The summed E-state index contributed by atoms with van der Waals surface area (Å²) >= 11 is 0. The lowest BCUT2D eigenvalue weighted by atomic mass is 10.2. The van der Waals surface area contributed by atoms with E-state index in [9.17, 15) is 8.42 Å². The van der Waals surface area contributed by atoms with Crippen molar-refractivity contribution in [2.24, 2.45) is 0 Å². The zero-order chi connectivity index (χ0) is 13.2. The molecule has 0 aliphatic carbocycles. The Hall–Kier alpha value is -1.07. The van der Waals surface area contributed by atoms with Crippen molar-refractivity contribution in [2.75, 3.05) is 32.1 Å². The second-order valence-electron chi connectivity index (χ2n) is 4.98. The maximum atomic E-state index is 12.2. The monoisotopic (exact) mass is 268 g/mol. The Balaban J connectivity index is 2.09. The molecule has 0 spiro atoms. The summed E-state index contributed by atoms with van der Waals surface area (Å²) < 4.78 is 24.3. The van der Waals surface area contributed by atoms with Gasteiger partial charge in [-0.05, 0) is 30.7 Å². The standard InChI is InChI=1S/C13H20N2O2S/c1-15(2)12-5-3-11(4-6-12)10-18(16,17)13-7-8-14-9-13/h3-6,13-14H,7-10H2,1-2H3. The van der Waals surface area contributed by atoms with Gasteiger partial charge in [0.25, 0.3) is 0 Å². The van der Waals surface area contributed by atoms with Gasteiger partial charge < -0.3 is 10.2 Å². The first-order valence-electron chi connectivity index (χ1n) is 6.17. The molecule has 1 aromatic rings. The van der Waals surface area contributed by atoms with Crippen molar-refractivity contribution in [3.63, 3.8) is 0 Å². The molecule has 1 aliphatic rings. The highest BCUT2D eigenvalue weighted by Gasteiger charge is 2.28. The molecule has 1 saturated heterocycles. The molecule has 1 aromatic carbocycles. The second-order valence-corrected chi connectivity index (χ2v) is 7.26. The van der Waals surface area contributed by atoms with Crippen molar-refractivity contribution in [1.82, 2.24) is 5.32 Å². The van der Waals surface area contributed by atoms with Gasteiger partial charge in [-0.25, -0.2) is 8.42 Å². The molecule has 2 rings (SSSR count). The highest BCUT2D eigenvalue weighted by molar-refractivity contribution is 7.91. The third-order valence-electron chi connectivity index (χ3n) is 3.34. The molecule has 100 valence electrons. The average Bonchev–Trinajstić information content (AvgIpc) is 2.83. The fourth-order valence-electron chi connectivity index (χ4n) is 2.18. The third-order valence-corrected chi connectivity index (χ3v) is 5.50. The largest absolute Gasteiger partial charge is 0.378 e. The first-order valence-corrected chi connectivity index (χ1v) is 7.89. The fourth-order valence-corrected chi connectivity index (χ4v) is 3.92. The van der Waals surface area contributed by atoms with E-state index in [1.165, 1.54) is 0 Å². The summed E-state index contributed by atoms with van der Waals surface area (Å²) in [6.45, 7) is 1.40. The Labute approximate surface area is 109 Å². The summed E-state index contributed by atoms with van der Waals surface area (Å²) in [5.74, 6) is 0.146. The van der Waals surface area contributed by atoms with Gasteiger partial charge in [-0.3, -0.25) is 0 Å². The zero-order valence-corrected chi connectivity index (χ0v) is 11.7. The van der Waals surface area contributed by atoms with Crippen LogP contribution in [0, 0.1) is 0 Å². The lowest BCUT2D eigenvalue weighted by Crippen LogP contribution is -2.25. The first-order chi connectivity index (χ1) is 8.49. The average molecular weight is 268 g/mol. The van der Waals surface area contributed by atoms with Crippen LogP contribution in [0.3, 0.4) is 0 Å². The lowest BCUT2D eigenvalue weighted by Gasteiger charge is -2.14. The summed E-state index contributed by atoms with van der Waals surface area (Å²) in [6, 6.07) is 7.71. The summed E-state index contributed by atoms with van der Waals surface area (Å²) in [5, 5.41) is 2.89. The minimum atomic E-state index is -3.02. The van der Waals surface area contributed by atoms with Crippen molar-refractivity contribution < 1.29 is 8.42 Å². The normalized spacial score (nSPS) is 20.0. The molecule has 4 nitrogen and oxygen atoms in total. The molecule has 1 aliphatic heterocycles. The molecule has 0 saturated carbocycles. The van der Waals surface area contributed by atoms with Crippen LogP contribution in [0.4, 0.5) is 5.69 Å². The second kappa shape index (κ2) is 5.28. The first kappa shape index (κ1) is 13.4. The number of hydrogen-bond donors (Lipinski definition) is 1. The molecule has 5 heteroatoms. The van der Waals surface area contributed by atoms with Crippen molar-refractivity contribution in [2.45, 2.75) is 17.4 Å². The van der Waals surface area contributed by atoms with Gasteiger partial charge in [0.1, 0.15) is 0 Å². The van der Waals surface area contributed by atoms with Crippen LogP contribution in [0.15, 0.2) is 24.3 Å². The molecule has 0 radical (unpaired) electrons. The van der Waals surface area contributed by atoms with Crippen LogP contribution >= 0.6 is 0 Å². The van der Waals surface area contributed by atoms with Gasteiger partial charge in [0, 0.05) is 26.3 Å². The molecular weight excluding hydrogens is 248 g/mol. The van der Waals surface area contributed by atoms with E-state index in [4.69, 9.17) is 0 Å². The fraction of sp³-hybridized carbons (Fsp3) is 0.538. The summed E-state index contributed by atoms with van der Waals surface area (Å²) in [7, 11) is 0.914. The van der Waals surface area contributed by atoms with Crippen LogP contribution in [-0.4, -0.2) is 40.9 Å². The van der Waals surface area contributed by atoms with Crippen LogP contribution in [0.1, 0.15) is 12.0 Å². The Morgan fingerprint density at radius 1 is 1.28 bits per heavy atom. The Kier molecular flexibility index (Phi) is 3.92. The highest BCUT2D eigenvalue weighted by Crippen LogP contribution is 2.18. The van der Waals surface area contributed by atoms with Crippen molar-refractivity contribution in [3.05, 3.63) is 29.8 Å². The summed E-state index contributed by atoms with van der Waals surface area (Å²) in [5.41, 5.74) is 1.95. The van der Waals surface area contributed by atoms with Crippen molar-refractivity contribution in [3.8, 4) is 0 Å². The van der Waals surface area contributed by atoms with Gasteiger partial charge in [0.2, 0.25) is 0 Å². The van der Waals surface area contributed by atoms with Crippen molar-refractivity contribution in [1.29, 1.82) is 0 Å². The van der Waals surface area contributed by atoms with E-state index in [1.807, 2.05) is 43.3 Å². The molecule has 1 heterocycles. The van der Waals surface area contributed by atoms with E-state index in [2.05, 4.69) is 5.32 Å². The maximum absolute atomic E-state index is 12.2. The summed E-state index contributed by atoms with van der Waals surface area (Å²) in [6.07, 6.45) is 0.734. The van der Waals surface area contributed by atoms with E-state index in [0.717, 1.165) is 24.2 Å². The molecule has 1 atom stereocenters. The molecule has 18 heavy (non-hydrogen) atoms. The maximum Gasteiger partial charge on any atom is 0.158 e. The van der Waals surface area contributed by atoms with Crippen LogP contribution < -0.4 is 10.2 Å². The SMILES string of the molecule is CN(C)c1ccc(CS(=O)(=O)C2CCNC2)cc1. The molecule has 1 fully saturated rings. The van der Waals surface area contributed by atoms with Crippen LogP contribution in [0.25, 0.3) is 0 Å². The van der Waals surface area contributed by atoms with Gasteiger partial charge in [-0.15, -0.1) is 0 Å². The van der Waals surface area contributed by atoms with E-state index >= 15 is 0 Å². The zero-order valence-electron chi connectivity index (χ0n) is 10.9. The number of hydrogen-bond acceptors (Lipinski definition) is 4. The minimum absolute atomic E-state index is 0.146. The van der Waals surface area contributed by atoms with Gasteiger partial charge >= 0.3 is 0 Å². The third kappa shape index (κ3) is 3.03. The number of nitrogens with one attached hydrogen (secondary N) is 1. The molecular formula is C13H20N2O2S. The smallest absolute Gasteiger partial charge is 0.158 e. The Morgan fingerprint density at radius 3 is 2.44 bits per heavy atom. The highest BCUT2D eigenvalue weighted by atomic mass is 32.2. The minimum Gasteiger partial charge on any atom is -0.378 e. The van der Waals surface area contributed by atoms with Crippen LogP contribution in [-0.2, 0) is 15.6 Å². The molecule has 1 unspecified atom stereocenters. The van der Waals surface area contributed by atoms with Crippen LogP contribution in [0.5, 0.6) is 0 Å². The number of sulfone groups is 1. The predicted molar refractivity (Wildman–Crippen MR) is 74.7 cm³/mol. The number of anilines is 1.